The fourth-order valence-electron chi connectivity index (χ4n) is 2.44. The molecule has 2 N–H and O–H groups in total. The van der Waals surface area contributed by atoms with E-state index in [1.54, 1.807) is 24.3 Å². The molecule has 0 fully saturated rings. The van der Waals surface area contributed by atoms with E-state index in [0.717, 1.165) is 5.56 Å². The Morgan fingerprint density at radius 2 is 1.88 bits per heavy atom. The number of aromatic carboxylic acids is 1. The Labute approximate surface area is 148 Å². The predicted molar refractivity (Wildman–Crippen MR) is 93.8 cm³/mol. The Morgan fingerprint density at radius 3 is 2.54 bits per heavy atom. The van der Waals surface area contributed by atoms with E-state index < -0.39 is 11.8 Å². The van der Waals surface area contributed by atoms with Crippen molar-refractivity contribution in [1.29, 1.82) is 0 Å². The van der Waals surface area contributed by atoms with Gasteiger partial charge >= 0.3 is 5.97 Å². The van der Waals surface area contributed by atoms with Crippen LogP contribution in [0.3, 0.4) is 0 Å². The van der Waals surface area contributed by atoms with Crippen LogP contribution >= 0.6 is 0 Å². The van der Waals surface area contributed by atoms with Gasteiger partial charge in [-0.25, -0.2) is 13.9 Å². The molecule has 132 valence electrons. The number of carbonyl (C=O) groups excluding carboxylic acids is 1. The van der Waals surface area contributed by atoms with Crippen molar-refractivity contribution in [2.24, 2.45) is 0 Å². The first-order chi connectivity index (χ1) is 12.4. The summed E-state index contributed by atoms with van der Waals surface area (Å²) in [6.45, 7) is 2.03. The minimum Gasteiger partial charge on any atom is -0.476 e. The molecule has 0 aliphatic heterocycles. The normalized spacial score (nSPS) is 10.5. The third-order valence-corrected chi connectivity index (χ3v) is 3.78. The Morgan fingerprint density at radius 1 is 1.15 bits per heavy atom. The van der Waals surface area contributed by atoms with Gasteiger partial charge in [-0.15, -0.1) is 0 Å². The van der Waals surface area contributed by atoms with Gasteiger partial charge in [0.1, 0.15) is 11.6 Å². The fourth-order valence-corrected chi connectivity index (χ4v) is 2.44. The van der Waals surface area contributed by atoms with Gasteiger partial charge in [-0.05, 0) is 36.8 Å². The van der Waals surface area contributed by atoms with E-state index in [1.807, 2.05) is 19.1 Å². The maximum absolute atomic E-state index is 13.4. The van der Waals surface area contributed by atoms with Gasteiger partial charge in [-0.2, -0.15) is 5.10 Å². The van der Waals surface area contributed by atoms with Crippen molar-refractivity contribution in [3.63, 3.8) is 0 Å². The molecule has 0 saturated carbocycles. The zero-order valence-electron chi connectivity index (χ0n) is 13.9. The predicted octanol–water partition coefficient (Wildman–Crippen LogP) is 3.33. The number of hydrogen-bond donors (Lipinski definition) is 2. The zero-order valence-corrected chi connectivity index (χ0v) is 13.9. The number of anilines is 1. The molecule has 0 saturated heterocycles. The minimum atomic E-state index is -1.21. The molecule has 26 heavy (non-hydrogen) atoms. The van der Waals surface area contributed by atoms with Gasteiger partial charge in [0.05, 0.1) is 6.54 Å². The molecule has 3 rings (SSSR count). The van der Waals surface area contributed by atoms with Crippen molar-refractivity contribution in [2.45, 2.75) is 13.5 Å². The molecule has 0 atom stereocenters. The molecule has 1 heterocycles. The molecule has 0 spiro atoms. The summed E-state index contributed by atoms with van der Waals surface area (Å²) in [4.78, 5) is 23.6. The number of aromatic nitrogens is 2. The largest absolute Gasteiger partial charge is 0.476 e. The van der Waals surface area contributed by atoms with Gasteiger partial charge in [0, 0.05) is 11.6 Å². The highest BCUT2D eigenvalue weighted by molar-refractivity contribution is 6.04. The first-order valence-electron chi connectivity index (χ1n) is 7.86. The Bertz CT molecular complexity index is 964. The third-order valence-electron chi connectivity index (χ3n) is 3.78. The van der Waals surface area contributed by atoms with E-state index in [2.05, 4.69) is 10.4 Å². The summed E-state index contributed by atoms with van der Waals surface area (Å²) >= 11 is 0. The van der Waals surface area contributed by atoms with Crippen molar-refractivity contribution in [3.8, 4) is 0 Å². The van der Waals surface area contributed by atoms with Gasteiger partial charge in [-0.3, -0.25) is 4.79 Å². The average molecular weight is 353 g/mol. The van der Waals surface area contributed by atoms with E-state index in [4.69, 9.17) is 5.11 Å². The molecular weight excluding hydrogens is 337 g/mol. The monoisotopic (exact) mass is 353 g/mol. The first-order valence-corrected chi connectivity index (χ1v) is 7.86. The van der Waals surface area contributed by atoms with Gasteiger partial charge < -0.3 is 10.4 Å². The number of halogens is 1. The lowest BCUT2D eigenvalue weighted by Gasteiger charge is -2.09. The summed E-state index contributed by atoms with van der Waals surface area (Å²) in [5, 5.41) is 15.8. The SMILES string of the molecule is Cc1ccc(C(=O)Nc2cc(C(=O)O)nn2Cc2cccc(F)c2)cc1. The van der Waals surface area contributed by atoms with Crippen LogP contribution in [-0.4, -0.2) is 26.8 Å². The number of hydrogen-bond acceptors (Lipinski definition) is 3. The number of carbonyl (C=O) groups is 2. The van der Waals surface area contributed by atoms with Crippen molar-refractivity contribution < 1.29 is 19.1 Å². The molecular formula is C19H16FN3O3. The standard InChI is InChI=1S/C19H16FN3O3/c1-12-5-7-14(8-6-12)18(24)21-17-10-16(19(25)26)22-23(17)11-13-3-2-4-15(20)9-13/h2-10H,11H2,1H3,(H,21,24)(H,25,26). The van der Waals surface area contributed by atoms with Crippen LogP contribution in [0.4, 0.5) is 10.2 Å². The summed E-state index contributed by atoms with van der Waals surface area (Å²) in [6.07, 6.45) is 0. The molecule has 0 unspecified atom stereocenters. The smallest absolute Gasteiger partial charge is 0.356 e. The molecule has 6 nitrogen and oxygen atoms in total. The van der Waals surface area contributed by atoms with Crippen LogP contribution in [0.15, 0.2) is 54.6 Å². The lowest BCUT2D eigenvalue weighted by Crippen LogP contribution is -2.16. The number of nitrogens with one attached hydrogen (secondary N) is 1. The minimum absolute atomic E-state index is 0.120. The van der Waals surface area contributed by atoms with Gasteiger partial charge in [0.2, 0.25) is 0 Å². The second-order valence-electron chi connectivity index (χ2n) is 5.83. The first kappa shape index (κ1) is 17.3. The summed E-state index contributed by atoms with van der Waals surface area (Å²) in [5.41, 5.74) is 1.84. The number of nitrogens with zero attached hydrogens (tertiary/aromatic N) is 2. The molecule has 0 aliphatic carbocycles. The maximum Gasteiger partial charge on any atom is 0.356 e. The van der Waals surface area contributed by atoms with Gasteiger partial charge in [0.15, 0.2) is 5.69 Å². The third kappa shape index (κ3) is 3.94. The van der Waals surface area contributed by atoms with Gasteiger partial charge in [0.25, 0.3) is 5.91 Å². The second-order valence-corrected chi connectivity index (χ2v) is 5.83. The molecule has 0 bridgehead atoms. The topological polar surface area (TPSA) is 84.2 Å². The summed E-state index contributed by atoms with van der Waals surface area (Å²) in [7, 11) is 0. The fraction of sp³-hybridized carbons (Fsp3) is 0.105. The quantitative estimate of drug-likeness (QED) is 0.737. The van der Waals surface area contributed by atoms with Gasteiger partial charge in [-0.1, -0.05) is 29.8 Å². The lowest BCUT2D eigenvalue weighted by molar-refractivity contribution is 0.0689. The van der Waals surface area contributed by atoms with Crippen LogP contribution in [0.25, 0.3) is 0 Å². The molecule has 1 aromatic heterocycles. The highest BCUT2D eigenvalue weighted by atomic mass is 19.1. The summed E-state index contributed by atoms with van der Waals surface area (Å²) in [5.74, 6) is -1.79. The van der Waals surface area contributed by atoms with E-state index in [0.29, 0.717) is 11.1 Å². The number of rotatable bonds is 5. The number of benzene rings is 2. The molecule has 0 radical (unpaired) electrons. The van der Waals surface area contributed by atoms with E-state index >= 15 is 0 Å². The van der Waals surface area contributed by atoms with Crippen LogP contribution in [0.1, 0.15) is 32.0 Å². The van der Waals surface area contributed by atoms with Crippen molar-refractivity contribution in [2.75, 3.05) is 5.32 Å². The Hall–Kier alpha value is -3.48. The highest BCUT2D eigenvalue weighted by Crippen LogP contribution is 2.16. The summed E-state index contributed by atoms with van der Waals surface area (Å²) < 4.78 is 14.7. The van der Waals surface area contributed by atoms with Crippen molar-refractivity contribution in [1.82, 2.24) is 9.78 Å². The maximum atomic E-state index is 13.4. The van der Waals surface area contributed by atoms with E-state index in [-0.39, 0.29) is 24.0 Å². The van der Waals surface area contributed by atoms with Crippen LogP contribution in [-0.2, 0) is 6.54 Å². The number of carboxylic acid groups (broad SMARTS) is 1. The zero-order chi connectivity index (χ0) is 18.7. The lowest BCUT2D eigenvalue weighted by atomic mass is 10.1. The summed E-state index contributed by atoms with van der Waals surface area (Å²) in [6, 6.07) is 14.1. The van der Waals surface area contributed by atoms with Crippen LogP contribution in [0.5, 0.6) is 0 Å². The van der Waals surface area contributed by atoms with E-state index in [1.165, 1.54) is 22.9 Å². The Balaban J connectivity index is 1.88. The van der Waals surface area contributed by atoms with Crippen molar-refractivity contribution in [3.05, 3.63) is 82.8 Å². The Kier molecular flexibility index (Phi) is 4.79. The van der Waals surface area contributed by atoms with Crippen LogP contribution < -0.4 is 5.32 Å². The second kappa shape index (κ2) is 7.18. The van der Waals surface area contributed by atoms with Crippen molar-refractivity contribution >= 4 is 17.7 Å². The average Bonchev–Trinajstić information content (AvgIpc) is 2.98. The molecule has 7 heteroatoms. The highest BCUT2D eigenvalue weighted by Gasteiger charge is 2.16. The molecule has 1 amide bonds. The number of aryl methyl sites for hydroxylation is 1. The van der Waals surface area contributed by atoms with Crippen LogP contribution in [0.2, 0.25) is 0 Å². The molecule has 2 aromatic carbocycles. The van der Waals surface area contributed by atoms with Crippen LogP contribution in [0, 0.1) is 12.7 Å². The molecule has 0 aliphatic rings. The number of amides is 1. The number of carboxylic acids is 1. The van der Waals surface area contributed by atoms with E-state index in [9.17, 15) is 14.0 Å². The molecule has 3 aromatic rings.